The van der Waals surface area contributed by atoms with Gasteiger partial charge < -0.3 is 10.2 Å². The molecule has 19 heavy (non-hydrogen) atoms. The molecule has 0 aliphatic carbocycles. The third-order valence-corrected chi connectivity index (χ3v) is 8.19. The van der Waals surface area contributed by atoms with Crippen LogP contribution >= 0.6 is 0 Å². The van der Waals surface area contributed by atoms with E-state index in [-0.39, 0.29) is 10.9 Å². The molecule has 0 bridgehead atoms. The van der Waals surface area contributed by atoms with E-state index in [1.54, 1.807) is 6.07 Å². The monoisotopic (exact) mass is 283 g/mol. The lowest BCUT2D eigenvalue weighted by Crippen LogP contribution is -2.44. The maximum atomic E-state index is 14.1. The zero-order chi connectivity index (χ0) is 14.7. The number of rotatable bonds is 5. The highest BCUT2D eigenvalue weighted by Crippen LogP contribution is 2.39. The van der Waals surface area contributed by atoms with E-state index in [1.807, 2.05) is 6.07 Å². The van der Waals surface area contributed by atoms with Crippen LogP contribution in [0.15, 0.2) is 18.2 Å². The number of hydrogen-bond acceptors (Lipinski definition) is 2. The Bertz CT molecular complexity index is 427. The molecule has 0 radical (unpaired) electrons. The molecule has 108 valence electrons. The van der Waals surface area contributed by atoms with Crippen molar-refractivity contribution in [3.63, 3.8) is 0 Å². The molecule has 0 spiro atoms. The summed E-state index contributed by atoms with van der Waals surface area (Å²) in [6.07, 6.45) is 1.61. The summed E-state index contributed by atoms with van der Waals surface area (Å²) in [5.74, 6) is 0.168. The van der Waals surface area contributed by atoms with Crippen LogP contribution < -0.4 is 10.2 Å². The van der Waals surface area contributed by atoms with Gasteiger partial charge in [0.05, 0.1) is 0 Å². The van der Waals surface area contributed by atoms with Crippen LogP contribution in [0.1, 0.15) is 32.8 Å². The molecule has 0 amide bonds. The van der Waals surface area contributed by atoms with Crippen molar-refractivity contribution in [1.82, 2.24) is 0 Å². The minimum absolute atomic E-state index is 0.0560. The Labute approximate surface area is 117 Å². The molecule has 1 aromatic rings. The molecule has 2 N–H and O–H groups in total. The van der Waals surface area contributed by atoms with Crippen molar-refractivity contribution < 1.29 is 8.82 Å². The molecule has 2 nitrogen and oxygen atoms in total. The van der Waals surface area contributed by atoms with E-state index in [4.69, 9.17) is 10.2 Å². The van der Waals surface area contributed by atoms with Gasteiger partial charge in [-0.1, -0.05) is 32.9 Å². The van der Waals surface area contributed by atoms with Gasteiger partial charge in [0.2, 0.25) is 0 Å². The number of para-hydroxylation sites is 1. The Morgan fingerprint density at radius 2 is 1.89 bits per heavy atom. The van der Waals surface area contributed by atoms with Gasteiger partial charge in [0.15, 0.2) is 5.82 Å². The molecule has 1 rings (SSSR count). The Morgan fingerprint density at radius 1 is 1.26 bits per heavy atom. The van der Waals surface area contributed by atoms with Crippen molar-refractivity contribution in [2.45, 2.75) is 51.7 Å². The number of benzene rings is 1. The van der Waals surface area contributed by atoms with Crippen molar-refractivity contribution in [1.29, 1.82) is 0 Å². The van der Waals surface area contributed by atoms with E-state index in [1.165, 1.54) is 6.07 Å². The number of nitrogens with two attached hydrogens (primary N) is 1. The summed E-state index contributed by atoms with van der Waals surface area (Å²) in [6, 6.07) is 5.13. The SMILES string of the molecule is CC(C)(C)[Si](C)(C)Oc1c(F)cccc1CCCN. The Morgan fingerprint density at radius 3 is 2.42 bits per heavy atom. The Balaban J connectivity index is 3.06. The first kappa shape index (κ1) is 16.2. The minimum Gasteiger partial charge on any atom is -0.541 e. The molecule has 0 fully saturated rings. The zero-order valence-corrected chi connectivity index (χ0v) is 13.7. The molecule has 0 heterocycles. The third-order valence-electron chi connectivity index (χ3n) is 3.86. The normalized spacial score (nSPS) is 12.6. The van der Waals surface area contributed by atoms with Crippen LogP contribution in [-0.2, 0) is 6.42 Å². The average molecular weight is 283 g/mol. The maximum absolute atomic E-state index is 14.1. The van der Waals surface area contributed by atoms with Crippen LogP contribution in [0, 0.1) is 5.82 Å². The van der Waals surface area contributed by atoms with Gasteiger partial charge in [-0.3, -0.25) is 0 Å². The van der Waals surface area contributed by atoms with Gasteiger partial charge in [-0.25, -0.2) is 4.39 Å². The van der Waals surface area contributed by atoms with E-state index in [9.17, 15) is 4.39 Å². The van der Waals surface area contributed by atoms with E-state index >= 15 is 0 Å². The summed E-state index contributed by atoms with van der Waals surface area (Å²) in [6.45, 7) is 11.3. The topological polar surface area (TPSA) is 35.2 Å². The highest BCUT2D eigenvalue weighted by atomic mass is 28.4. The van der Waals surface area contributed by atoms with Gasteiger partial charge in [0.1, 0.15) is 5.75 Å². The lowest BCUT2D eigenvalue weighted by molar-refractivity contribution is 0.451. The Hall–Kier alpha value is -0.873. The van der Waals surface area contributed by atoms with E-state index < -0.39 is 8.32 Å². The van der Waals surface area contributed by atoms with Crippen LogP contribution in [0.25, 0.3) is 0 Å². The largest absolute Gasteiger partial charge is 0.541 e. The summed E-state index contributed by atoms with van der Waals surface area (Å²) in [5.41, 5.74) is 6.46. The number of aryl methyl sites for hydroxylation is 1. The van der Waals surface area contributed by atoms with Crippen molar-refractivity contribution in [2.24, 2.45) is 5.73 Å². The molecule has 0 aromatic heterocycles. The van der Waals surface area contributed by atoms with Crippen LogP contribution in [0.3, 0.4) is 0 Å². The van der Waals surface area contributed by atoms with E-state index in [2.05, 4.69) is 33.9 Å². The molecule has 4 heteroatoms. The maximum Gasteiger partial charge on any atom is 0.250 e. The molecule has 0 saturated heterocycles. The second kappa shape index (κ2) is 6.05. The smallest absolute Gasteiger partial charge is 0.250 e. The lowest BCUT2D eigenvalue weighted by atomic mass is 10.1. The predicted molar refractivity (Wildman–Crippen MR) is 81.6 cm³/mol. The standard InChI is InChI=1S/C15H26FNOSi/c1-15(2,3)19(4,5)18-14-12(9-7-11-17)8-6-10-13(14)16/h6,8,10H,7,9,11,17H2,1-5H3. The van der Waals surface area contributed by atoms with Crippen molar-refractivity contribution in [3.8, 4) is 5.75 Å². The third kappa shape index (κ3) is 4.04. The van der Waals surface area contributed by atoms with Gasteiger partial charge in [0.25, 0.3) is 8.32 Å². The summed E-state index contributed by atoms with van der Waals surface area (Å²) in [5, 5.41) is 0.0560. The summed E-state index contributed by atoms with van der Waals surface area (Å²) in [7, 11) is -2.02. The van der Waals surface area contributed by atoms with Crippen LogP contribution in [0.2, 0.25) is 18.1 Å². The first-order valence-electron chi connectivity index (χ1n) is 6.85. The van der Waals surface area contributed by atoms with E-state index in [0.29, 0.717) is 12.3 Å². The first-order chi connectivity index (χ1) is 8.69. The summed E-state index contributed by atoms with van der Waals surface area (Å²) in [4.78, 5) is 0. The van der Waals surface area contributed by atoms with Crippen LogP contribution in [-0.4, -0.2) is 14.9 Å². The number of halogens is 1. The van der Waals surface area contributed by atoms with Gasteiger partial charge >= 0.3 is 0 Å². The first-order valence-corrected chi connectivity index (χ1v) is 9.76. The second-order valence-corrected chi connectivity index (χ2v) is 11.2. The van der Waals surface area contributed by atoms with Crippen LogP contribution in [0.5, 0.6) is 5.75 Å². The fraction of sp³-hybridized carbons (Fsp3) is 0.600. The predicted octanol–water partition coefficient (Wildman–Crippen LogP) is 4.10. The van der Waals surface area contributed by atoms with Crippen molar-refractivity contribution in [2.75, 3.05) is 6.54 Å². The lowest BCUT2D eigenvalue weighted by Gasteiger charge is -2.37. The Kier molecular flexibility index (Phi) is 5.16. The fourth-order valence-corrected chi connectivity index (χ4v) is 2.61. The quantitative estimate of drug-likeness (QED) is 0.826. The summed E-state index contributed by atoms with van der Waals surface area (Å²) < 4.78 is 20.2. The van der Waals surface area contributed by atoms with Crippen LogP contribution in [0.4, 0.5) is 4.39 Å². The minimum atomic E-state index is -2.02. The molecule has 0 atom stereocenters. The second-order valence-electron chi connectivity index (χ2n) is 6.48. The van der Waals surface area contributed by atoms with Gasteiger partial charge in [-0.05, 0) is 49.1 Å². The highest BCUT2D eigenvalue weighted by molar-refractivity contribution is 6.74. The molecular formula is C15H26FNOSi. The molecule has 1 aromatic carbocycles. The van der Waals surface area contributed by atoms with Gasteiger partial charge in [0, 0.05) is 0 Å². The molecule has 0 unspecified atom stereocenters. The van der Waals surface area contributed by atoms with E-state index in [0.717, 1.165) is 18.4 Å². The molecule has 0 saturated carbocycles. The fourth-order valence-electron chi connectivity index (χ4n) is 1.57. The van der Waals surface area contributed by atoms with Gasteiger partial charge in [-0.15, -0.1) is 0 Å². The average Bonchev–Trinajstić information content (AvgIpc) is 2.28. The number of hydrogen-bond donors (Lipinski definition) is 1. The molecule has 0 aliphatic rings. The summed E-state index contributed by atoms with van der Waals surface area (Å²) >= 11 is 0. The highest BCUT2D eigenvalue weighted by Gasteiger charge is 2.39. The van der Waals surface area contributed by atoms with Crippen molar-refractivity contribution >= 4 is 8.32 Å². The molecule has 0 aliphatic heterocycles. The molecular weight excluding hydrogens is 257 g/mol. The van der Waals surface area contributed by atoms with Crippen molar-refractivity contribution in [3.05, 3.63) is 29.6 Å². The zero-order valence-electron chi connectivity index (χ0n) is 12.7. The van der Waals surface area contributed by atoms with Gasteiger partial charge in [-0.2, -0.15) is 0 Å².